The molecule has 144 valence electrons. The van der Waals surface area contributed by atoms with Gasteiger partial charge in [0.1, 0.15) is 5.75 Å². The number of hydrogen-bond acceptors (Lipinski definition) is 4. The number of carbonyl (C=O) groups excluding carboxylic acids is 1. The monoisotopic (exact) mass is 367 g/mol. The van der Waals surface area contributed by atoms with Crippen LogP contribution in [-0.2, 0) is 0 Å². The van der Waals surface area contributed by atoms with Gasteiger partial charge in [-0.3, -0.25) is 9.69 Å². The van der Waals surface area contributed by atoms with Gasteiger partial charge in [0, 0.05) is 37.8 Å². The Morgan fingerprint density at radius 3 is 2.67 bits per heavy atom. The number of nitrogens with zero attached hydrogens (tertiary/aromatic N) is 3. The largest absolute Gasteiger partial charge is 0.508 e. The number of carbonyl (C=O) groups is 1. The first-order chi connectivity index (χ1) is 13.0. The Morgan fingerprint density at radius 1 is 1.11 bits per heavy atom. The summed E-state index contributed by atoms with van der Waals surface area (Å²) in [7, 11) is 4.13. The summed E-state index contributed by atoms with van der Waals surface area (Å²) in [6.45, 7) is 4.40. The second-order valence-corrected chi connectivity index (χ2v) is 8.10. The van der Waals surface area contributed by atoms with E-state index in [0.29, 0.717) is 11.6 Å². The fraction of sp³-hybridized carbons (Fsp3) is 0.500. The fourth-order valence-corrected chi connectivity index (χ4v) is 4.59. The zero-order valence-electron chi connectivity index (χ0n) is 16.3. The van der Waals surface area contributed by atoms with E-state index in [1.165, 1.54) is 25.9 Å². The third-order valence-electron chi connectivity index (χ3n) is 6.36. The predicted octanol–water partition coefficient (Wildman–Crippen LogP) is 2.79. The summed E-state index contributed by atoms with van der Waals surface area (Å²) in [5.41, 5.74) is 0.716. The van der Waals surface area contributed by atoms with Gasteiger partial charge in [-0.2, -0.15) is 0 Å². The van der Waals surface area contributed by atoms with Crippen LogP contribution >= 0.6 is 0 Å². The molecule has 0 saturated carbocycles. The number of amides is 1. The van der Waals surface area contributed by atoms with Crippen molar-refractivity contribution in [3.8, 4) is 5.75 Å². The lowest BCUT2D eigenvalue weighted by Gasteiger charge is -2.35. The van der Waals surface area contributed by atoms with Crippen molar-refractivity contribution in [2.75, 3.05) is 40.3 Å². The second kappa shape index (κ2) is 7.49. The molecule has 2 aliphatic rings. The maximum Gasteiger partial charge on any atom is 0.254 e. The van der Waals surface area contributed by atoms with Gasteiger partial charge in [0.2, 0.25) is 0 Å². The molecule has 1 N–H and O–H groups in total. The van der Waals surface area contributed by atoms with E-state index >= 15 is 0 Å². The van der Waals surface area contributed by atoms with E-state index in [4.69, 9.17) is 0 Å². The van der Waals surface area contributed by atoms with E-state index in [1.807, 2.05) is 36.2 Å². The van der Waals surface area contributed by atoms with Crippen LogP contribution in [0.25, 0.3) is 10.8 Å². The molecule has 0 spiro atoms. The molecule has 2 aliphatic heterocycles. The quantitative estimate of drug-likeness (QED) is 0.906. The second-order valence-electron chi connectivity index (χ2n) is 8.10. The molecule has 0 radical (unpaired) electrons. The minimum Gasteiger partial charge on any atom is -0.508 e. The van der Waals surface area contributed by atoms with Crippen LogP contribution in [-0.4, -0.2) is 78.1 Å². The standard InChI is InChI=1S/C22H29N3O2/c1-23-11-8-17(9-12-23)25-13-10-18(15-25)24(2)22(27)21-5-3-4-16-14-19(26)6-7-20(16)21/h3-7,14,17-18,26H,8-13,15H2,1-2H3. The van der Waals surface area contributed by atoms with Gasteiger partial charge in [-0.15, -0.1) is 0 Å². The van der Waals surface area contributed by atoms with E-state index in [1.54, 1.807) is 12.1 Å². The highest BCUT2D eigenvalue weighted by Crippen LogP contribution is 2.27. The van der Waals surface area contributed by atoms with Crippen LogP contribution in [0.15, 0.2) is 36.4 Å². The third kappa shape index (κ3) is 3.66. The highest BCUT2D eigenvalue weighted by atomic mass is 16.3. The summed E-state index contributed by atoms with van der Waals surface area (Å²) in [4.78, 5) is 20.1. The maximum atomic E-state index is 13.2. The minimum atomic E-state index is 0.0708. The van der Waals surface area contributed by atoms with Crippen LogP contribution < -0.4 is 0 Å². The molecule has 2 saturated heterocycles. The Bertz CT molecular complexity index is 829. The van der Waals surface area contributed by atoms with Gasteiger partial charge in [-0.1, -0.05) is 12.1 Å². The predicted molar refractivity (Wildman–Crippen MR) is 108 cm³/mol. The van der Waals surface area contributed by atoms with Gasteiger partial charge >= 0.3 is 0 Å². The lowest BCUT2D eigenvalue weighted by atomic mass is 10.0. The Kier molecular flexibility index (Phi) is 5.06. The molecule has 1 unspecified atom stereocenters. The topological polar surface area (TPSA) is 47.0 Å². The van der Waals surface area contributed by atoms with E-state index in [2.05, 4.69) is 16.8 Å². The average molecular weight is 367 g/mol. The summed E-state index contributed by atoms with van der Waals surface area (Å²) >= 11 is 0. The molecule has 2 aromatic rings. The summed E-state index contributed by atoms with van der Waals surface area (Å²) in [6, 6.07) is 11.8. The number of fused-ring (bicyclic) bond motifs is 1. The Balaban J connectivity index is 1.47. The number of likely N-dealkylation sites (tertiary alicyclic amines) is 2. The number of likely N-dealkylation sites (N-methyl/N-ethyl adjacent to an activating group) is 1. The molecule has 2 aromatic carbocycles. The molecule has 1 amide bonds. The number of hydrogen-bond donors (Lipinski definition) is 1. The number of aromatic hydroxyl groups is 1. The van der Waals surface area contributed by atoms with Crippen molar-refractivity contribution in [1.29, 1.82) is 0 Å². The van der Waals surface area contributed by atoms with Crippen LogP contribution in [0, 0.1) is 0 Å². The third-order valence-corrected chi connectivity index (χ3v) is 6.36. The maximum absolute atomic E-state index is 13.2. The van der Waals surface area contributed by atoms with Crippen molar-refractivity contribution < 1.29 is 9.90 Å². The lowest BCUT2D eigenvalue weighted by molar-refractivity contribution is 0.0723. The van der Waals surface area contributed by atoms with Gasteiger partial charge in [0.05, 0.1) is 0 Å². The van der Waals surface area contributed by atoms with Gasteiger partial charge in [-0.25, -0.2) is 0 Å². The fourth-order valence-electron chi connectivity index (χ4n) is 4.59. The molecule has 1 atom stereocenters. The zero-order valence-corrected chi connectivity index (χ0v) is 16.3. The van der Waals surface area contributed by atoms with Crippen molar-refractivity contribution in [1.82, 2.24) is 14.7 Å². The van der Waals surface area contributed by atoms with Crippen molar-refractivity contribution in [3.63, 3.8) is 0 Å². The van der Waals surface area contributed by atoms with E-state index in [0.717, 1.165) is 30.3 Å². The van der Waals surface area contributed by atoms with Crippen molar-refractivity contribution in [3.05, 3.63) is 42.0 Å². The number of rotatable bonds is 3. The molecule has 0 bridgehead atoms. The highest BCUT2D eigenvalue weighted by Gasteiger charge is 2.33. The summed E-state index contributed by atoms with van der Waals surface area (Å²) in [5, 5.41) is 11.5. The van der Waals surface area contributed by atoms with Gasteiger partial charge in [0.25, 0.3) is 5.91 Å². The van der Waals surface area contributed by atoms with Crippen molar-refractivity contribution >= 4 is 16.7 Å². The van der Waals surface area contributed by atoms with E-state index in [-0.39, 0.29) is 17.7 Å². The SMILES string of the molecule is CN1CCC(N2CCC(N(C)C(=O)c3cccc4cc(O)ccc34)C2)CC1. The first kappa shape index (κ1) is 18.3. The van der Waals surface area contributed by atoms with Gasteiger partial charge in [0.15, 0.2) is 0 Å². The molecule has 4 rings (SSSR count). The molecule has 27 heavy (non-hydrogen) atoms. The smallest absolute Gasteiger partial charge is 0.254 e. The van der Waals surface area contributed by atoms with Gasteiger partial charge < -0.3 is 14.9 Å². The molecular formula is C22H29N3O2. The number of phenols is 1. The molecule has 2 fully saturated rings. The summed E-state index contributed by atoms with van der Waals surface area (Å²) < 4.78 is 0. The van der Waals surface area contributed by atoms with Crippen molar-refractivity contribution in [2.24, 2.45) is 0 Å². The minimum absolute atomic E-state index is 0.0708. The first-order valence-electron chi connectivity index (χ1n) is 9.94. The average Bonchev–Trinajstić information content (AvgIpc) is 3.17. The zero-order chi connectivity index (χ0) is 19.0. The number of piperidine rings is 1. The van der Waals surface area contributed by atoms with Crippen molar-refractivity contribution in [2.45, 2.75) is 31.3 Å². The van der Waals surface area contributed by atoms with Gasteiger partial charge in [-0.05, 0) is 74.4 Å². The van der Waals surface area contributed by atoms with Crippen LogP contribution in [0.2, 0.25) is 0 Å². The summed E-state index contributed by atoms with van der Waals surface area (Å²) in [5.74, 6) is 0.298. The Labute approximate surface area is 161 Å². The molecule has 5 nitrogen and oxygen atoms in total. The van der Waals surface area contributed by atoms with Crippen LogP contribution in [0.4, 0.5) is 0 Å². The lowest BCUT2D eigenvalue weighted by Crippen LogP contribution is -2.45. The molecule has 2 heterocycles. The number of benzene rings is 2. The number of phenolic OH excluding ortho intramolecular Hbond substituents is 1. The highest BCUT2D eigenvalue weighted by molar-refractivity contribution is 6.07. The molecule has 5 heteroatoms. The normalized spacial score (nSPS) is 22.4. The Hall–Kier alpha value is -2.11. The van der Waals surface area contributed by atoms with E-state index in [9.17, 15) is 9.90 Å². The van der Waals surface area contributed by atoms with E-state index < -0.39 is 0 Å². The first-order valence-corrected chi connectivity index (χ1v) is 9.94. The van der Waals surface area contributed by atoms with Crippen LogP contribution in [0.1, 0.15) is 29.6 Å². The summed E-state index contributed by atoms with van der Waals surface area (Å²) in [6.07, 6.45) is 3.50. The molecule has 0 aliphatic carbocycles. The molecule has 0 aromatic heterocycles. The Morgan fingerprint density at radius 2 is 1.89 bits per heavy atom. The van der Waals surface area contributed by atoms with Crippen LogP contribution in [0.5, 0.6) is 5.75 Å². The van der Waals surface area contributed by atoms with Crippen LogP contribution in [0.3, 0.4) is 0 Å². The molecular weight excluding hydrogens is 338 g/mol.